The van der Waals surface area contributed by atoms with Gasteiger partial charge in [0.2, 0.25) is 10.0 Å². The fourth-order valence-electron chi connectivity index (χ4n) is 1.30. The lowest BCUT2D eigenvalue weighted by Gasteiger charge is -2.06. The van der Waals surface area contributed by atoms with E-state index in [0.29, 0.717) is 6.07 Å². The summed E-state index contributed by atoms with van der Waals surface area (Å²) in [4.78, 5) is 11.4. The summed E-state index contributed by atoms with van der Waals surface area (Å²) in [7, 11) is -4.10. The number of sulfonamides is 1. The molecule has 0 saturated carbocycles. The van der Waals surface area contributed by atoms with Crippen molar-refractivity contribution in [2.24, 2.45) is 5.11 Å². The van der Waals surface area contributed by atoms with E-state index < -0.39 is 31.3 Å². The molecule has 9 nitrogen and oxygen atoms in total. The predicted molar refractivity (Wildman–Crippen MR) is 66.9 cm³/mol. The summed E-state index contributed by atoms with van der Waals surface area (Å²) in [6.45, 7) is 0.0551. The first-order valence-electron chi connectivity index (χ1n) is 5.33. The molecule has 1 rings (SSSR count). The highest BCUT2D eigenvalue weighted by molar-refractivity contribution is 7.89. The lowest BCUT2D eigenvalue weighted by atomic mass is 10.3. The fourth-order valence-corrected chi connectivity index (χ4v) is 2.43. The van der Waals surface area contributed by atoms with E-state index in [-0.39, 0.29) is 19.5 Å². The van der Waals surface area contributed by atoms with Gasteiger partial charge in [-0.3, -0.25) is 10.1 Å². The number of nitrogens with one attached hydrogen (secondary N) is 1. The van der Waals surface area contributed by atoms with E-state index in [9.17, 15) is 22.9 Å². The number of rotatable bonds is 7. The Morgan fingerprint density at radius 2 is 2.20 bits per heavy atom. The number of benzene rings is 1. The third kappa shape index (κ3) is 4.16. The minimum atomic E-state index is -4.10. The first-order valence-corrected chi connectivity index (χ1v) is 6.81. The molecule has 0 spiro atoms. The van der Waals surface area contributed by atoms with Crippen molar-refractivity contribution in [1.29, 1.82) is 0 Å². The number of hydrogen-bond acceptors (Lipinski definition) is 5. The van der Waals surface area contributed by atoms with E-state index in [1.807, 2.05) is 0 Å². The first-order chi connectivity index (χ1) is 9.38. The molecule has 0 heterocycles. The second kappa shape index (κ2) is 6.80. The molecule has 0 atom stereocenters. The van der Waals surface area contributed by atoms with Crippen LogP contribution in [0.1, 0.15) is 6.42 Å². The molecule has 0 aliphatic rings. The summed E-state index contributed by atoms with van der Waals surface area (Å²) in [5.41, 5.74) is 7.49. The van der Waals surface area contributed by atoms with Crippen LogP contribution >= 0.6 is 0 Å². The van der Waals surface area contributed by atoms with Gasteiger partial charge in [0.15, 0.2) is 0 Å². The molecule has 0 amide bonds. The van der Waals surface area contributed by atoms with Gasteiger partial charge < -0.3 is 0 Å². The number of hydrogen-bond donors (Lipinski definition) is 1. The minimum absolute atomic E-state index is 0.0439. The van der Waals surface area contributed by atoms with Gasteiger partial charge in [0.1, 0.15) is 10.7 Å². The predicted octanol–water partition coefficient (Wildman–Crippen LogP) is 1.71. The van der Waals surface area contributed by atoms with Crippen molar-refractivity contribution in [1.82, 2.24) is 4.72 Å². The van der Waals surface area contributed by atoms with Crippen LogP contribution in [0.5, 0.6) is 0 Å². The molecule has 0 unspecified atom stereocenters. The maximum atomic E-state index is 13.5. The average molecular weight is 303 g/mol. The highest BCUT2D eigenvalue weighted by Crippen LogP contribution is 2.20. The maximum Gasteiger partial charge on any atom is 0.272 e. The fraction of sp³-hybridized carbons (Fsp3) is 0.333. The standard InChI is InChI=1S/C9H10FN5O4S/c10-8-6-7(15(16)17)2-3-9(8)20(18,19)13-5-1-4-12-14-11/h2-3,6,13H,1,4-5H2. The normalized spacial score (nSPS) is 10.8. The van der Waals surface area contributed by atoms with Crippen molar-refractivity contribution >= 4 is 15.7 Å². The van der Waals surface area contributed by atoms with E-state index in [0.717, 1.165) is 12.1 Å². The van der Waals surface area contributed by atoms with Crippen LogP contribution in [0, 0.1) is 15.9 Å². The molecule has 1 N–H and O–H groups in total. The summed E-state index contributed by atoms with van der Waals surface area (Å²) in [5.74, 6) is -1.21. The molecule has 11 heteroatoms. The number of azide groups is 1. The van der Waals surface area contributed by atoms with E-state index >= 15 is 0 Å². The molecule has 0 aromatic heterocycles. The smallest absolute Gasteiger partial charge is 0.258 e. The molecule has 0 bridgehead atoms. The van der Waals surface area contributed by atoms with Crippen molar-refractivity contribution in [3.63, 3.8) is 0 Å². The number of nitrogens with zero attached hydrogens (tertiary/aromatic N) is 4. The Labute approximate surface area is 113 Å². The van der Waals surface area contributed by atoms with E-state index in [4.69, 9.17) is 5.53 Å². The highest BCUT2D eigenvalue weighted by atomic mass is 32.2. The van der Waals surface area contributed by atoms with Crippen LogP contribution in [0.3, 0.4) is 0 Å². The first kappa shape index (κ1) is 15.8. The Bertz CT molecular complexity index is 656. The zero-order chi connectivity index (χ0) is 15.2. The van der Waals surface area contributed by atoms with Crippen LogP contribution in [0.2, 0.25) is 0 Å². The zero-order valence-electron chi connectivity index (χ0n) is 10.1. The van der Waals surface area contributed by atoms with Gasteiger partial charge in [-0.05, 0) is 18.0 Å². The van der Waals surface area contributed by atoms with E-state index in [1.54, 1.807) is 0 Å². The van der Waals surface area contributed by atoms with Crippen LogP contribution < -0.4 is 4.72 Å². The lowest BCUT2D eigenvalue weighted by Crippen LogP contribution is -2.26. The lowest BCUT2D eigenvalue weighted by molar-refractivity contribution is -0.385. The van der Waals surface area contributed by atoms with Crippen LogP contribution in [-0.4, -0.2) is 26.4 Å². The molecule has 108 valence electrons. The van der Waals surface area contributed by atoms with Crippen LogP contribution in [0.25, 0.3) is 10.4 Å². The molecule has 0 fully saturated rings. The third-order valence-electron chi connectivity index (χ3n) is 2.21. The average Bonchev–Trinajstić information content (AvgIpc) is 2.37. The van der Waals surface area contributed by atoms with E-state index in [1.165, 1.54) is 0 Å². The Morgan fingerprint density at radius 1 is 1.50 bits per heavy atom. The third-order valence-corrected chi connectivity index (χ3v) is 3.70. The largest absolute Gasteiger partial charge is 0.272 e. The SMILES string of the molecule is [N-]=[N+]=NCCCNS(=O)(=O)c1ccc([N+](=O)[O-])cc1F. The van der Waals surface area contributed by atoms with Gasteiger partial charge in [0.05, 0.1) is 11.0 Å². The molecular weight excluding hydrogens is 293 g/mol. The number of nitro groups is 1. The summed E-state index contributed by atoms with van der Waals surface area (Å²) in [5, 5.41) is 13.6. The summed E-state index contributed by atoms with van der Waals surface area (Å²) in [6, 6.07) is 2.26. The van der Waals surface area contributed by atoms with Crippen LogP contribution in [0.15, 0.2) is 28.2 Å². The van der Waals surface area contributed by atoms with Gasteiger partial charge in [-0.2, -0.15) is 0 Å². The monoisotopic (exact) mass is 303 g/mol. The molecule has 1 aromatic carbocycles. The molecular formula is C9H10FN5O4S. The highest BCUT2D eigenvalue weighted by Gasteiger charge is 2.21. The maximum absolute atomic E-state index is 13.5. The Morgan fingerprint density at radius 3 is 2.75 bits per heavy atom. The molecule has 0 radical (unpaired) electrons. The Kier molecular flexibility index (Phi) is 5.38. The summed E-state index contributed by atoms with van der Waals surface area (Å²) in [6.07, 6.45) is 0.248. The molecule has 1 aromatic rings. The molecule has 0 aliphatic heterocycles. The molecule has 0 saturated heterocycles. The summed E-state index contributed by atoms with van der Waals surface area (Å²) < 4.78 is 39.1. The second-order valence-electron chi connectivity index (χ2n) is 3.58. The van der Waals surface area contributed by atoms with Crippen molar-refractivity contribution in [3.8, 4) is 0 Å². The molecule has 20 heavy (non-hydrogen) atoms. The van der Waals surface area contributed by atoms with Gasteiger partial charge in [-0.15, -0.1) is 0 Å². The van der Waals surface area contributed by atoms with Crippen molar-refractivity contribution < 1.29 is 17.7 Å². The van der Waals surface area contributed by atoms with Gasteiger partial charge in [0, 0.05) is 24.1 Å². The van der Waals surface area contributed by atoms with Gasteiger partial charge in [-0.1, -0.05) is 5.11 Å². The quantitative estimate of drug-likeness (QED) is 0.204. The van der Waals surface area contributed by atoms with Crippen molar-refractivity contribution in [2.75, 3.05) is 13.1 Å². The Balaban J connectivity index is 2.82. The minimum Gasteiger partial charge on any atom is -0.258 e. The number of nitro benzene ring substituents is 1. The summed E-state index contributed by atoms with van der Waals surface area (Å²) >= 11 is 0. The van der Waals surface area contributed by atoms with Crippen LogP contribution in [-0.2, 0) is 10.0 Å². The van der Waals surface area contributed by atoms with Gasteiger partial charge in [-0.25, -0.2) is 17.5 Å². The van der Waals surface area contributed by atoms with Crippen molar-refractivity contribution in [3.05, 3.63) is 44.6 Å². The van der Waals surface area contributed by atoms with E-state index in [2.05, 4.69) is 14.7 Å². The van der Waals surface area contributed by atoms with Gasteiger partial charge in [0.25, 0.3) is 5.69 Å². The van der Waals surface area contributed by atoms with Crippen molar-refractivity contribution in [2.45, 2.75) is 11.3 Å². The van der Waals surface area contributed by atoms with Crippen LogP contribution in [0.4, 0.5) is 10.1 Å². The second-order valence-corrected chi connectivity index (χ2v) is 5.31. The molecule has 0 aliphatic carbocycles. The van der Waals surface area contributed by atoms with Gasteiger partial charge >= 0.3 is 0 Å². The topological polar surface area (TPSA) is 138 Å². The number of halogens is 1. The Hall–Kier alpha value is -2.23. The number of non-ortho nitro benzene ring substituents is 1. The zero-order valence-corrected chi connectivity index (χ0v) is 10.9.